The first-order valence-electron chi connectivity index (χ1n) is 28.2. The number of nitrogens with two attached hydrogens (primary N) is 1. The van der Waals surface area contributed by atoms with Gasteiger partial charge in [0.05, 0.1) is 41.8 Å². The summed E-state index contributed by atoms with van der Waals surface area (Å²) in [6.45, 7) is 12.4. The SMILES string of the molecule is Cc1cc(CO)c(-c2cn3ccc(N4CCCCC4)cc3n2)cc1Cl.Cc1cc(CO)c(-c2cn3ccc(N4CCN(S(=O)(=O)C5CC5)CC4)cc3n2)cc1Cl.Cc1cc(CO)c(C(=O)CBr)cc1Cl.Cl.Nc1cc(N2CCCCC2)ccn1. The Morgan fingerprint density at radius 3 is 1.45 bits per heavy atom. The number of aliphatic hydroxyl groups is 3. The van der Waals surface area contributed by atoms with Crippen molar-refractivity contribution in [2.24, 2.45) is 0 Å². The number of aliphatic hydroxyl groups excluding tert-OH is 3. The van der Waals surface area contributed by atoms with E-state index in [4.69, 9.17) is 55.6 Å². The van der Waals surface area contributed by atoms with Gasteiger partial charge < -0.3 is 44.6 Å². The number of rotatable bonds is 12. The van der Waals surface area contributed by atoms with Crippen molar-refractivity contribution in [2.45, 2.75) is 97.2 Å². The van der Waals surface area contributed by atoms with Crippen molar-refractivity contribution in [1.82, 2.24) is 28.1 Å². The van der Waals surface area contributed by atoms with Gasteiger partial charge in [0.2, 0.25) is 10.0 Å². The zero-order chi connectivity index (χ0) is 59.0. The molecule has 22 heteroatoms. The van der Waals surface area contributed by atoms with Gasteiger partial charge in [-0.15, -0.1) is 12.4 Å². The third-order valence-corrected chi connectivity index (χ3v) is 19.8. The van der Waals surface area contributed by atoms with Gasteiger partial charge in [-0.05, 0) is 142 Å². The third kappa shape index (κ3) is 15.5. The van der Waals surface area contributed by atoms with Crippen LogP contribution in [0.4, 0.5) is 22.9 Å². The number of aromatic nitrogens is 5. The Hall–Kier alpha value is -5.51. The Bertz CT molecular complexity index is 3690. The summed E-state index contributed by atoms with van der Waals surface area (Å²) in [6, 6.07) is 23.2. The second-order valence-corrected chi connectivity index (χ2v) is 25.5. The standard InChI is InChI=1S/C22H25ClN4O3S.C20H22ClN3O.C10H10BrClO2.C10H15N3.ClH/c1-15-10-16(14-28)19(12-20(15)23)21-13-26-5-4-17(11-22(26)24-21)25-6-8-27(9-7-25)31(29,30)18-2-3-18;1-14-9-15(13-25)17(11-18(14)21)19-12-24-8-5-16(10-20(24)22-19)23-6-3-2-4-7-23;1-6-2-7(5-13)8(3-9(6)12)10(14)4-11;11-10-8-9(4-5-12-10)13-6-2-1-3-7-13;/h4-5,10-13,18,28H,2-3,6-9,14H2,1H3;5,8-12,25H,2-4,6-7,13H2,1H3;2-3,13H,4-5H2,1H3;4-5,8H,1-3,6-7H2,(H2,11,12);1H. The molecule has 1 saturated carbocycles. The Labute approximate surface area is 521 Å². The summed E-state index contributed by atoms with van der Waals surface area (Å²) in [6.07, 6.45) is 19.1. The molecule has 0 bridgehead atoms. The Morgan fingerprint density at radius 2 is 1.02 bits per heavy atom. The zero-order valence-corrected chi connectivity index (χ0v) is 53.0. The number of nitrogens with zero attached hydrogens (tertiary/aromatic N) is 9. The van der Waals surface area contributed by atoms with Crippen molar-refractivity contribution >= 4 is 113 Å². The lowest BCUT2D eigenvalue weighted by atomic mass is 10.0. The topological polar surface area (TPSA) is 198 Å². The largest absolute Gasteiger partial charge is 0.392 e. The number of carbonyl (C=O) groups is 1. The average Bonchev–Trinajstić information content (AvgIpc) is 4.39. The van der Waals surface area contributed by atoms with Gasteiger partial charge in [0, 0.05) is 150 Å². The number of piperidine rings is 2. The summed E-state index contributed by atoms with van der Waals surface area (Å²) in [7, 11) is -3.11. The second kappa shape index (κ2) is 29.3. The van der Waals surface area contributed by atoms with Crippen LogP contribution in [0, 0.1) is 20.8 Å². The minimum atomic E-state index is -3.11. The molecule has 0 spiro atoms. The van der Waals surface area contributed by atoms with Crippen LogP contribution in [0.15, 0.2) is 104 Å². The van der Waals surface area contributed by atoms with Crippen molar-refractivity contribution < 1.29 is 28.5 Å². The van der Waals surface area contributed by atoms with Crippen molar-refractivity contribution in [2.75, 3.05) is 78.1 Å². The number of carbonyl (C=O) groups excluding carboxylic acids is 1. The van der Waals surface area contributed by atoms with Gasteiger partial charge in [0.1, 0.15) is 17.1 Å². The monoisotopic (exact) mass is 1300 g/mol. The van der Waals surface area contributed by atoms with Crippen LogP contribution in [0.25, 0.3) is 33.8 Å². The highest BCUT2D eigenvalue weighted by molar-refractivity contribution is 9.09. The predicted molar refractivity (Wildman–Crippen MR) is 347 cm³/mol. The van der Waals surface area contributed by atoms with Crippen LogP contribution in [-0.4, -0.2) is 121 Å². The van der Waals surface area contributed by atoms with E-state index in [2.05, 4.69) is 53.9 Å². The van der Waals surface area contributed by atoms with E-state index < -0.39 is 10.0 Å². The first-order valence-corrected chi connectivity index (χ1v) is 32.0. The summed E-state index contributed by atoms with van der Waals surface area (Å²) in [5.41, 5.74) is 19.6. The number of hydrogen-bond acceptors (Lipinski definition) is 13. The molecular weight excluding hydrogens is 1230 g/mol. The minimum Gasteiger partial charge on any atom is -0.392 e. The maximum atomic E-state index is 12.5. The molecule has 8 heterocycles. The number of piperazine rings is 1. The molecule has 4 fully saturated rings. The number of sulfonamides is 1. The molecule has 8 aromatic rings. The zero-order valence-electron chi connectivity index (χ0n) is 47.5. The number of anilines is 4. The van der Waals surface area contributed by atoms with Crippen molar-refractivity contribution in [3.8, 4) is 22.5 Å². The van der Waals surface area contributed by atoms with Gasteiger partial charge in [0.15, 0.2) is 5.78 Å². The Balaban J connectivity index is 0.000000155. The van der Waals surface area contributed by atoms with Gasteiger partial charge in [-0.2, -0.15) is 4.31 Å². The fraction of sp³-hybridized carbons (Fsp3) is 0.387. The highest BCUT2D eigenvalue weighted by atomic mass is 79.9. The van der Waals surface area contributed by atoms with Crippen molar-refractivity contribution in [3.05, 3.63) is 158 Å². The van der Waals surface area contributed by atoms with Gasteiger partial charge in [0.25, 0.3) is 0 Å². The maximum Gasteiger partial charge on any atom is 0.217 e. The molecule has 3 saturated heterocycles. The lowest BCUT2D eigenvalue weighted by Crippen LogP contribution is -2.49. The van der Waals surface area contributed by atoms with E-state index in [1.54, 1.807) is 22.6 Å². The molecule has 5 N–H and O–H groups in total. The van der Waals surface area contributed by atoms with Gasteiger partial charge in [-0.1, -0.05) is 68.9 Å². The van der Waals surface area contributed by atoms with Gasteiger partial charge in [-0.25, -0.2) is 23.4 Å². The molecular formula is C62H73BrCl4N10O6S. The van der Waals surface area contributed by atoms with Gasteiger partial charge in [-0.3, -0.25) is 4.79 Å². The van der Waals surface area contributed by atoms with E-state index >= 15 is 0 Å². The number of pyridine rings is 3. The summed E-state index contributed by atoms with van der Waals surface area (Å²) >= 11 is 21.6. The molecule has 1 aliphatic carbocycles. The van der Waals surface area contributed by atoms with Crippen LogP contribution in [-0.2, 0) is 29.8 Å². The first-order chi connectivity index (χ1) is 40.0. The summed E-state index contributed by atoms with van der Waals surface area (Å²) in [5, 5.41) is 30.5. The number of imidazole rings is 2. The van der Waals surface area contributed by atoms with Crippen LogP contribution in [0.3, 0.4) is 0 Å². The Kier molecular flexibility index (Phi) is 22.5. The molecule has 16 nitrogen and oxygen atoms in total. The number of halogens is 5. The third-order valence-electron chi connectivity index (χ3n) is 15.6. The quantitative estimate of drug-likeness (QED) is 0.0666. The van der Waals surface area contributed by atoms with Crippen LogP contribution in [0.2, 0.25) is 15.1 Å². The van der Waals surface area contributed by atoms with Crippen molar-refractivity contribution in [1.29, 1.82) is 0 Å². The smallest absolute Gasteiger partial charge is 0.217 e. The molecule has 0 radical (unpaired) electrons. The minimum absolute atomic E-state index is 0. The molecule has 448 valence electrons. The molecule has 0 atom stereocenters. The lowest BCUT2D eigenvalue weighted by molar-refractivity contribution is 0.102. The number of nitrogen functional groups attached to an aromatic ring is 1. The molecule has 5 aromatic heterocycles. The highest BCUT2D eigenvalue weighted by Gasteiger charge is 2.41. The average molecular weight is 1310 g/mol. The van der Waals surface area contributed by atoms with Crippen molar-refractivity contribution in [3.63, 3.8) is 0 Å². The maximum absolute atomic E-state index is 12.5. The summed E-state index contributed by atoms with van der Waals surface area (Å²) < 4.78 is 30.6. The molecule has 0 amide bonds. The van der Waals surface area contributed by atoms with Crippen LogP contribution >= 0.6 is 63.1 Å². The molecule has 12 rings (SSSR count). The molecule has 3 aromatic carbocycles. The number of benzene rings is 3. The molecule has 0 unspecified atom stereocenters. The fourth-order valence-corrected chi connectivity index (χ4v) is 13.4. The fourth-order valence-electron chi connectivity index (χ4n) is 10.7. The van der Waals surface area contributed by atoms with Gasteiger partial charge >= 0.3 is 0 Å². The van der Waals surface area contributed by atoms with E-state index in [1.807, 2.05) is 96.7 Å². The number of alkyl halides is 1. The number of ketones is 1. The van der Waals surface area contributed by atoms with E-state index in [1.165, 1.54) is 49.9 Å². The summed E-state index contributed by atoms with van der Waals surface area (Å²) in [4.78, 5) is 32.0. The van der Waals surface area contributed by atoms with Crippen LogP contribution in [0.5, 0.6) is 0 Å². The predicted octanol–water partition coefficient (Wildman–Crippen LogP) is 12.3. The number of fused-ring (bicyclic) bond motifs is 2. The molecule has 4 aliphatic rings. The number of Topliss-reactive ketones (excluding diaryl/α,β-unsaturated/α-hetero) is 1. The number of hydrogen-bond donors (Lipinski definition) is 4. The van der Waals surface area contributed by atoms with Crippen LogP contribution < -0.4 is 20.4 Å². The summed E-state index contributed by atoms with van der Waals surface area (Å²) in [5.74, 6) is 0.541. The normalized spacial score (nSPS) is 15.6. The Morgan fingerprint density at radius 1 is 0.595 bits per heavy atom. The van der Waals surface area contributed by atoms with Crippen LogP contribution in [0.1, 0.15) is 95.1 Å². The van der Waals surface area contributed by atoms with E-state index in [0.717, 1.165) is 106 Å². The molecule has 3 aliphatic heterocycles. The highest BCUT2D eigenvalue weighted by Crippen LogP contribution is 2.35. The second-order valence-electron chi connectivity index (χ2n) is 21.5. The lowest BCUT2D eigenvalue weighted by Gasteiger charge is -2.35. The van der Waals surface area contributed by atoms with E-state index in [0.29, 0.717) is 58.2 Å². The van der Waals surface area contributed by atoms with E-state index in [-0.39, 0.29) is 48.6 Å². The molecule has 84 heavy (non-hydrogen) atoms. The van der Waals surface area contributed by atoms with E-state index in [9.17, 15) is 23.4 Å². The number of aryl methyl sites for hydroxylation is 3. The first kappa shape index (κ1) is 64.5.